The van der Waals surface area contributed by atoms with E-state index in [4.69, 9.17) is 11.6 Å². The van der Waals surface area contributed by atoms with Crippen molar-refractivity contribution in [2.45, 2.75) is 18.5 Å². The minimum absolute atomic E-state index is 0.0156. The number of hydrogen-bond acceptors (Lipinski definition) is 5. The van der Waals surface area contributed by atoms with E-state index >= 15 is 0 Å². The first-order valence-corrected chi connectivity index (χ1v) is 10.00. The average Bonchev–Trinajstić information content (AvgIpc) is 2.62. The summed E-state index contributed by atoms with van der Waals surface area (Å²) in [5.74, 6) is -0.694. The van der Waals surface area contributed by atoms with Crippen molar-refractivity contribution in [3.05, 3.63) is 59.4 Å². The van der Waals surface area contributed by atoms with Gasteiger partial charge in [0.05, 0.1) is 17.0 Å². The van der Waals surface area contributed by atoms with Crippen LogP contribution in [0.1, 0.15) is 23.8 Å². The van der Waals surface area contributed by atoms with Gasteiger partial charge in [-0.25, -0.2) is 18.4 Å². The van der Waals surface area contributed by atoms with Gasteiger partial charge < -0.3 is 5.32 Å². The molecule has 1 heterocycles. The first-order chi connectivity index (χ1) is 12.4. The number of sulfone groups is 1. The Morgan fingerprint density at radius 2 is 1.88 bits per heavy atom. The quantitative estimate of drug-likeness (QED) is 0.672. The number of aromatic nitrogens is 2. The molecular weight excluding hydrogens is 374 g/mol. The summed E-state index contributed by atoms with van der Waals surface area (Å²) in [5.41, 5.74) is 0.407. The van der Waals surface area contributed by atoms with Gasteiger partial charge >= 0.3 is 0 Å². The number of carbonyl (C=O) groups is 1. The molecule has 26 heavy (non-hydrogen) atoms. The van der Waals surface area contributed by atoms with Crippen LogP contribution < -0.4 is 5.32 Å². The lowest BCUT2D eigenvalue weighted by Crippen LogP contribution is -2.18. The zero-order chi connectivity index (χ0) is 18.7. The normalized spacial score (nSPS) is 11.5. The Balaban J connectivity index is 1.97. The van der Waals surface area contributed by atoms with E-state index in [0.29, 0.717) is 12.1 Å². The average molecular weight is 390 g/mol. The molecule has 0 aliphatic carbocycles. The van der Waals surface area contributed by atoms with E-state index < -0.39 is 20.9 Å². The number of halogens is 1. The highest BCUT2D eigenvalue weighted by Crippen LogP contribution is 2.24. The topological polar surface area (TPSA) is 89.0 Å². The Bertz CT molecular complexity index is 1080. The number of benzene rings is 2. The molecular formula is C18H16ClN3O3S. The van der Waals surface area contributed by atoms with Crippen LogP contribution in [0.5, 0.6) is 0 Å². The maximum atomic E-state index is 12.6. The van der Waals surface area contributed by atoms with Crippen LogP contribution in [0.3, 0.4) is 0 Å². The van der Waals surface area contributed by atoms with E-state index in [1.807, 2.05) is 36.4 Å². The third-order valence-corrected chi connectivity index (χ3v) is 5.70. The summed E-state index contributed by atoms with van der Waals surface area (Å²) in [6, 6.07) is 13.1. The molecule has 0 radical (unpaired) electrons. The molecule has 0 aliphatic heterocycles. The number of amides is 1. The standard InChI is InChI=1S/C18H16ClN3O3S/c1-2-10-26(24,25)18-20-11-14(19)16(22-18)17(23)21-15-9-5-7-12-6-3-4-8-13(12)15/h3-9,11H,2,10H2,1H3,(H,21,23). The molecule has 6 nitrogen and oxygen atoms in total. The van der Waals surface area contributed by atoms with E-state index in [-0.39, 0.29) is 16.5 Å². The first kappa shape index (κ1) is 18.3. The van der Waals surface area contributed by atoms with Crippen molar-refractivity contribution in [3.8, 4) is 0 Å². The van der Waals surface area contributed by atoms with Gasteiger partial charge in [0.1, 0.15) is 0 Å². The lowest BCUT2D eigenvalue weighted by molar-refractivity contribution is 0.102. The number of rotatable bonds is 5. The summed E-state index contributed by atoms with van der Waals surface area (Å²) in [4.78, 5) is 20.3. The summed E-state index contributed by atoms with van der Waals surface area (Å²) >= 11 is 6.02. The Hall–Kier alpha value is -2.51. The summed E-state index contributed by atoms with van der Waals surface area (Å²) < 4.78 is 24.3. The summed E-state index contributed by atoms with van der Waals surface area (Å²) in [7, 11) is -3.65. The largest absolute Gasteiger partial charge is 0.320 e. The Morgan fingerprint density at radius 1 is 1.15 bits per heavy atom. The summed E-state index contributed by atoms with van der Waals surface area (Å²) in [5, 5.41) is 4.15. The Labute approximate surface area is 156 Å². The highest BCUT2D eigenvalue weighted by molar-refractivity contribution is 7.91. The van der Waals surface area contributed by atoms with Crippen molar-refractivity contribution in [1.82, 2.24) is 9.97 Å². The maximum Gasteiger partial charge on any atom is 0.276 e. The summed E-state index contributed by atoms with van der Waals surface area (Å²) in [6.07, 6.45) is 1.56. The van der Waals surface area contributed by atoms with Crippen LogP contribution in [-0.4, -0.2) is 30.0 Å². The molecule has 1 aromatic heterocycles. The maximum absolute atomic E-state index is 12.6. The second-order valence-corrected chi connectivity index (χ2v) is 8.06. The fraction of sp³-hybridized carbons (Fsp3) is 0.167. The minimum atomic E-state index is -3.65. The molecule has 0 aliphatic rings. The molecule has 3 rings (SSSR count). The second kappa shape index (κ2) is 7.39. The van der Waals surface area contributed by atoms with Crippen molar-refractivity contribution in [3.63, 3.8) is 0 Å². The SMILES string of the molecule is CCCS(=O)(=O)c1ncc(Cl)c(C(=O)Nc2cccc3ccccc23)n1. The fourth-order valence-electron chi connectivity index (χ4n) is 2.54. The predicted molar refractivity (Wildman–Crippen MR) is 101 cm³/mol. The fourth-order valence-corrected chi connectivity index (χ4v) is 3.88. The highest BCUT2D eigenvalue weighted by Gasteiger charge is 2.22. The molecule has 0 saturated heterocycles. The van der Waals surface area contributed by atoms with Crippen molar-refractivity contribution in [2.24, 2.45) is 0 Å². The number of nitrogens with one attached hydrogen (secondary N) is 1. The molecule has 0 fully saturated rings. The molecule has 1 amide bonds. The van der Waals surface area contributed by atoms with Crippen molar-refractivity contribution in [2.75, 3.05) is 11.1 Å². The van der Waals surface area contributed by atoms with Gasteiger partial charge in [-0.3, -0.25) is 4.79 Å². The summed E-state index contributed by atoms with van der Waals surface area (Å²) in [6.45, 7) is 1.74. The van der Waals surface area contributed by atoms with E-state index in [2.05, 4.69) is 15.3 Å². The smallest absolute Gasteiger partial charge is 0.276 e. The van der Waals surface area contributed by atoms with Crippen molar-refractivity contribution in [1.29, 1.82) is 0 Å². The lowest BCUT2D eigenvalue weighted by atomic mass is 10.1. The molecule has 0 unspecified atom stereocenters. The van der Waals surface area contributed by atoms with E-state index in [1.165, 1.54) is 0 Å². The van der Waals surface area contributed by atoms with Crippen LogP contribution in [0, 0.1) is 0 Å². The molecule has 0 spiro atoms. The number of hydrogen-bond donors (Lipinski definition) is 1. The Morgan fingerprint density at radius 3 is 2.65 bits per heavy atom. The van der Waals surface area contributed by atoms with Crippen LogP contribution in [0.2, 0.25) is 5.02 Å². The van der Waals surface area contributed by atoms with Crippen molar-refractivity contribution < 1.29 is 13.2 Å². The second-order valence-electron chi connectivity index (χ2n) is 5.65. The molecule has 134 valence electrons. The number of fused-ring (bicyclic) bond motifs is 1. The molecule has 0 atom stereocenters. The predicted octanol–water partition coefficient (Wildman–Crippen LogP) is 3.72. The van der Waals surface area contributed by atoms with Gasteiger partial charge in [0.25, 0.3) is 5.91 Å². The van der Waals surface area contributed by atoms with E-state index in [0.717, 1.165) is 17.0 Å². The van der Waals surface area contributed by atoms with Gasteiger partial charge in [0.2, 0.25) is 15.0 Å². The number of carbonyl (C=O) groups excluding carboxylic acids is 1. The third kappa shape index (κ3) is 3.68. The monoisotopic (exact) mass is 389 g/mol. The highest BCUT2D eigenvalue weighted by atomic mass is 35.5. The molecule has 0 saturated carbocycles. The van der Waals surface area contributed by atoms with Crippen molar-refractivity contribution >= 4 is 43.8 Å². The van der Waals surface area contributed by atoms with Gasteiger partial charge in [0, 0.05) is 11.1 Å². The molecule has 1 N–H and O–H groups in total. The molecule has 0 bridgehead atoms. The van der Waals surface area contributed by atoms with Crippen LogP contribution in [0.25, 0.3) is 10.8 Å². The lowest BCUT2D eigenvalue weighted by Gasteiger charge is -2.10. The molecule has 8 heteroatoms. The number of anilines is 1. The van der Waals surface area contributed by atoms with E-state index in [9.17, 15) is 13.2 Å². The van der Waals surface area contributed by atoms with Gasteiger partial charge in [0.15, 0.2) is 5.69 Å². The third-order valence-electron chi connectivity index (χ3n) is 3.73. The van der Waals surface area contributed by atoms with Gasteiger partial charge in [-0.05, 0) is 17.9 Å². The number of nitrogens with zero attached hydrogens (tertiary/aromatic N) is 2. The van der Waals surface area contributed by atoms with E-state index in [1.54, 1.807) is 13.0 Å². The minimum Gasteiger partial charge on any atom is -0.320 e. The van der Waals surface area contributed by atoms with Gasteiger partial charge in [-0.15, -0.1) is 0 Å². The van der Waals surface area contributed by atoms with Crippen LogP contribution in [0.15, 0.2) is 53.8 Å². The first-order valence-electron chi connectivity index (χ1n) is 7.97. The van der Waals surface area contributed by atoms with Gasteiger partial charge in [-0.2, -0.15) is 0 Å². The Kier molecular flexibility index (Phi) is 5.20. The zero-order valence-corrected chi connectivity index (χ0v) is 15.5. The molecule has 2 aromatic carbocycles. The van der Waals surface area contributed by atoms with Crippen LogP contribution in [0.4, 0.5) is 5.69 Å². The van der Waals surface area contributed by atoms with Gasteiger partial charge in [-0.1, -0.05) is 54.9 Å². The zero-order valence-electron chi connectivity index (χ0n) is 13.9. The van der Waals surface area contributed by atoms with Crippen LogP contribution >= 0.6 is 11.6 Å². The van der Waals surface area contributed by atoms with Crippen LogP contribution in [-0.2, 0) is 9.84 Å². The molecule has 3 aromatic rings.